The summed E-state index contributed by atoms with van der Waals surface area (Å²) in [5, 5.41) is 4.05. The third kappa shape index (κ3) is 3.58. The second-order valence-electron chi connectivity index (χ2n) is 4.36. The van der Waals surface area contributed by atoms with E-state index in [9.17, 15) is 0 Å². The number of hydrogen-bond acceptors (Lipinski definition) is 2. The molecular formula is C16H19N3. The highest BCUT2D eigenvalue weighted by Gasteiger charge is 2.05. The molecule has 0 heterocycles. The van der Waals surface area contributed by atoms with Gasteiger partial charge in [0.2, 0.25) is 0 Å². The Morgan fingerprint density at radius 1 is 1.00 bits per heavy atom. The van der Waals surface area contributed by atoms with Gasteiger partial charge in [0.15, 0.2) is 5.84 Å². The van der Waals surface area contributed by atoms with E-state index in [1.807, 2.05) is 24.3 Å². The third-order valence-electron chi connectivity index (χ3n) is 3.05. The summed E-state index contributed by atoms with van der Waals surface area (Å²) in [4.78, 5) is 0. The van der Waals surface area contributed by atoms with Crippen LogP contribution in [-0.4, -0.2) is 12.9 Å². The van der Waals surface area contributed by atoms with E-state index in [0.717, 1.165) is 18.4 Å². The molecule has 0 bridgehead atoms. The van der Waals surface area contributed by atoms with Crippen LogP contribution in [0.4, 0.5) is 0 Å². The lowest BCUT2D eigenvalue weighted by molar-refractivity contribution is 0.894. The maximum absolute atomic E-state index is 5.96. The molecule has 3 N–H and O–H groups in total. The van der Waals surface area contributed by atoms with Crippen LogP contribution < -0.4 is 11.2 Å². The summed E-state index contributed by atoms with van der Waals surface area (Å²) in [7, 11) is 1.75. The van der Waals surface area contributed by atoms with Crippen molar-refractivity contribution in [2.75, 3.05) is 7.05 Å². The quantitative estimate of drug-likeness (QED) is 0.488. The monoisotopic (exact) mass is 253 g/mol. The number of rotatable bonds is 5. The molecule has 0 spiro atoms. The number of hydrogen-bond donors (Lipinski definition) is 2. The Kier molecular flexibility index (Phi) is 4.56. The van der Waals surface area contributed by atoms with Crippen molar-refractivity contribution in [1.29, 1.82) is 0 Å². The van der Waals surface area contributed by atoms with E-state index >= 15 is 0 Å². The summed E-state index contributed by atoms with van der Waals surface area (Å²) in [6, 6.07) is 18.6. The fourth-order valence-corrected chi connectivity index (χ4v) is 2.09. The van der Waals surface area contributed by atoms with Crippen LogP contribution in [0.3, 0.4) is 0 Å². The Hall–Kier alpha value is -2.29. The van der Waals surface area contributed by atoms with Gasteiger partial charge in [0.1, 0.15) is 0 Å². The number of nitrogens with one attached hydrogen (secondary N) is 1. The summed E-state index contributed by atoms with van der Waals surface area (Å²) in [5.41, 5.74) is 12.3. The minimum atomic E-state index is 0.533. The van der Waals surface area contributed by atoms with E-state index in [1.54, 1.807) is 7.05 Å². The molecule has 2 rings (SSSR count). The highest BCUT2D eigenvalue weighted by Crippen LogP contribution is 2.12. The van der Waals surface area contributed by atoms with Crippen LogP contribution in [0.1, 0.15) is 16.7 Å². The van der Waals surface area contributed by atoms with Gasteiger partial charge in [0, 0.05) is 12.6 Å². The van der Waals surface area contributed by atoms with Crippen LogP contribution in [0.5, 0.6) is 0 Å². The number of nitrogens with zero attached hydrogens (tertiary/aromatic N) is 1. The molecule has 19 heavy (non-hydrogen) atoms. The van der Waals surface area contributed by atoms with Crippen molar-refractivity contribution in [2.24, 2.45) is 10.8 Å². The van der Waals surface area contributed by atoms with Crippen LogP contribution in [0.15, 0.2) is 59.7 Å². The highest BCUT2D eigenvalue weighted by atomic mass is 15.3. The van der Waals surface area contributed by atoms with Gasteiger partial charge in [-0.3, -0.25) is 0 Å². The average Bonchev–Trinajstić information content (AvgIpc) is 2.47. The van der Waals surface area contributed by atoms with E-state index < -0.39 is 0 Å². The molecule has 0 unspecified atom stereocenters. The summed E-state index contributed by atoms with van der Waals surface area (Å²) >= 11 is 0. The molecule has 0 aliphatic carbocycles. The van der Waals surface area contributed by atoms with E-state index in [1.165, 1.54) is 11.1 Å². The average molecular weight is 253 g/mol. The largest absolute Gasteiger partial charge is 0.382 e. The molecule has 0 atom stereocenters. The number of nitrogens with two attached hydrogens (primary N) is 1. The Morgan fingerprint density at radius 2 is 1.68 bits per heavy atom. The number of benzene rings is 2. The molecule has 0 aliphatic rings. The van der Waals surface area contributed by atoms with E-state index in [4.69, 9.17) is 5.73 Å². The summed E-state index contributed by atoms with van der Waals surface area (Å²) in [5.74, 6) is 0.533. The maximum Gasteiger partial charge on any atom is 0.150 e. The first-order valence-electron chi connectivity index (χ1n) is 6.43. The second-order valence-corrected chi connectivity index (χ2v) is 4.36. The molecule has 0 saturated heterocycles. The number of amidine groups is 1. The van der Waals surface area contributed by atoms with Crippen LogP contribution in [-0.2, 0) is 12.8 Å². The zero-order chi connectivity index (χ0) is 13.5. The van der Waals surface area contributed by atoms with Gasteiger partial charge in [-0.15, -0.1) is 0 Å². The lowest BCUT2D eigenvalue weighted by atomic mass is 9.99. The molecule has 0 amide bonds. The van der Waals surface area contributed by atoms with E-state index in [2.05, 4.69) is 40.9 Å². The van der Waals surface area contributed by atoms with Crippen LogP contribution in [0, 0.1) is 0 Å². The van der Waals surface area contributed by atoms with Gasteiger partial charge in [-0.05, 0) is 24.0 Å². The second kappa shape index (κ2) is 6.59. The Labute approximate surface area is 114 Å². The first kappa shape index (κ1) is 13.1. The lowest BCUT2D eigenvalue weighted by Crippen LogP contribution is -2.19. The molecule has 0 saturated carbocycles. The molecule has 3 heteroatoms. The van der Waals surface area contributed by atoms with Gasteiger partial charge >= 0.3 is 0 Å². The van der Waals surface area contributed by atoms with Gasteiger partial charge in [-0.25, -0.2) is 0 Å². The fourth-order valence-electron chi connectivity index (χ4n) is 2.09. The lowest BCUT2D eigenvalue weighted by Gasteiger charge is -2.09. The van der Waals surface area contributed by atoms with Gasteiger partial charge < -0.3 is 11.2 Å². The van der Waals surface area contributed by atoms with Crippen molar-refractivity contribution >= 4 is 5.84 Å². The maximum atomic E-state index is 5.96. The predicted molar refractivity (Wildman–Crippen MR) is 80.1 cm³/mol. The minimum absolute atomic E-state index is 0.533. The third-order valence-corrected chi connectivity index (χ3v) is 3.05. The van der Waals surface area contributed by atoms with Gasteiger partial charge in [0.25, 0.3) is 0 Å². The van der Waals surface area contributed by atoms with Gasteiger partial charge in [-0.2, -0.15) is 5.10 Å². The topological polar surface area (TPSA) is 50.4 Å². The SMILES string of the molecule is CN/N=C(\N)c1ccccc1CCc1ccccc1. The fraction of sp³-hybridized carbons (Fsp3) is 0.188. The molecule has 0 aliphatic heterocycles. The van der Waals surface area contributed by atoms with Crippen molar-refractivity contribution in [3.8, 4) is 0 Å². The normalized spacial score (nSPS) is 11.3. The zero-order valence-electron chi connectivity index (χ0n) is 11.1. The molecule has 2 aromatic carbocycles. The van der Waals surface area contributed by atoms with Crippen molar-refractivity contribution in [3.05, 3.63) is 71.3 Å². The number of aryl methyl sites for hydroxylation is 2. The molecular weight excluding hydrogens is 234 g/mol. The van der Waals surface area contributed by atoms with Gasteiger partial charge in [0.05, 0.1) is 0 Å². The summed E-state index contributed by atoms with van der Waals surface area (Å²) < 4.78 is 0. The zero-order valence-corrected chi connectivity index (χ0v) is 11.1. The summed E-state index contributed by atoms with van der Waals surface area (Å²) in [6.07, 6.45) is 1.96. The first-order chi connectivity index (χ1) is 9.31. The molecule has 98 valence electrons. The predicted octanol–water partition coefficient (Wildman–Crippen LogP) is 2.31. The smallest absolute Gasteiger partial charge is 0.150 e. The Bertz CT molecular complexity index is 547. The summed E-state index contributed by atoms with van der Waals surface area (Å²) in [6.45, 7) is 0. The van der Waals surface area contributed by atoms with Crippen LogP contribution in [0.2, 0.25) is 0 Å². The van der Waals surface area contributed by atoms with Crippen LogP contribution in [0.25, 0.3) is 0 Å². The molecule has 3 nitrogen and oxygen atoms in total. The van der Waals surface area contributed by atoms with Crippen molar-refractivity contribution in [3.63, 3.8) is 0 Å². The molecule has 0 aromatic heterocycles. The van der Waals surface area contributed by atoms with E-state index in [-0.39, 0.29) is 0 Å². The molecule has 0 radical (unpaired) electrons. The van der Waals surface area contributed by atoms with Gasteiger partial charge in [-0.1, -0.05) is 54.6 Å². The van der Waals surface area contributed by atoms with Crippen molar-refractivity contribution < 1.29 is 0 Å². The Morgan fingerprint density at radius 3 is 2.42 bits per heavy atom. The molecule has 0 fully saturated rings. The van der Waals surface area contributed by atoms with Crippen molar-refractivity contribution in [1.82, 2.24) is 5.43 Å². The minimum Gasteiger partial charge on any atom is -0.382 e. The standard InChI is InChI=1S/C16H19N3/c1-18-19-16(17)15-10-6-5-9-14(15)12-11-13-7-3-2-4-8-13/h2-10,18H,11-12H2,1H3,(H2,17,19). The van der Waals surface area contributed by atoms with Crippen LogP contribution >= 0.6 is 0 Å². The Balaban J connectivity index is 2.14. The first-order valence-corrected chi connectivity index (χ1v) is 6.43. The molecule has 2 aromatic rings. The number of hydrazone groups is 1. The van der Waals surface area contributed by atoms with Crippen molar-refractivity contribution in [2.45, 2.75) is 12.8 Å². The van der Waals surface area contributed by atoms with E-state index in [0.29, 0.717) is 5.84 Å². The highest BCUT2D eigenvalue weighted by molar-refractivity contribution is 5.98.